The fourth-order valence-electron chi connectivity index (χ4n) is 2.32. The molecule has 7 heteroatoms. The molecule has 0 bridgehead atoms. The zero-order valence-electron chi connectivity index (χ0n) is 15.1. The van der Waals surface area contributed by atoms with Gasteiger partial charge in [-0.1, -0.05) is 26.7 Å². The minimum atomic E-state index is -3.76. The molecule has 4 nitrogen and oxygen atoms in total. The molecule has 2 aromatic rings. The molecule has 1 heterocycles. The minimum Gasteiger partial charge on any atom is -0.348 e. The summed E-state index contributed by atoms with van der Waals surface area (Å²) in [6.45, 7) is 5.12. The molecule has 0 saturated carbocycles. The first-order valence-corrected chi connectivity index (χ1v) is 11.2. The molecule has 0 saturated heterocycles. The summed E-state index contributed by atoms with van der Waals surface area (Å²) in [4.78, 5) is 0.0588. The van der Waals surface area contributed by atoms with Gasteiger partial charge in [0.25, 0.3) is 0 Å². The molecule has 0 aliphatic rings. The fraction of sp³-hybridized carbons (Fsp3) is 0.474. The third-order valence-corrected chi connectivity index (χ3v) is 7.10. The predicted molar refractivity (Wildman–Crippen MR) is 101 cm³/mol. The van der Waals surface area contributed by atoms with Crippen molar-refractivity contribution in [3.8, 4) is 0 Å². The lowest BCUT2D eigenvalue weighted by Crippen LogP contribution is -2.13. The summed E-state index contributed by atoms with van der Waals surface area (Å²) < 4.78 is 50.9. The Hall–Kier alpha value is -1.28. The van der Waals surface area contributed by atoms with Crippen LogP contribution in [0.15, 0.2) is 44.8 Å². The van der Waals surface area contributed by atoms with Crippen LogP contribution in [0.3, 0.4) is 0 Å². The molecule has 0 aliphatic heterocycles. The van der Waals surface area contributed by atoms with Gasteiger partial charge in [0.05, 0.1) is 18.1 Å². The average Bonchev–Trinajstić information content (AvgIpc) is 3.11. The molecule has 0 fully saturated rings. The van der Waals surface area contributed by atoms with Gasteiger partial charge in [0, 0.05) is 5.56 Å². The lowest BCUT2D eigenvalue weighted by Gasteiger charge is -2.19. The lowest BCUT2D eigenvalue weighted by atomic mass is 10.3. The van der Waals surface area contributed by atoms with Crippen LogP contribution in [0.25, 0.3) is 0 Å². The Balaban J connectivity index is 2.30. The molecule has 0 unspecified atom stereocenters. The Morgan fingerprint density at radius 3 is 2.12 bits per heavy atom. The van der Waals surface area contributed by atoms with Crippen molar-refractivity contribution in [3.63, 3.8) is 0 Å². The largest absolute Gasteiger partial charge is 0.348 e. The third kappa shape index (κ3) is 5.36. The number of hydrogen-bond acceptors (Lipinski definition) is 5. The molecular formula is C19H25FO4S2. The van der Waals surface area contributed by atoms with Gasteiger partial charge in [0.1, 0.15) is 10.0 Å². The standard InChI is InChI=1S/C19H25FO4S2/c1-3-5-12-23-18(24-13-6-4-2)17-11-14-25-19(17)26(21,22)16-9-7-15(20)8-10-16/h7-11,14,18H,3-6,12-13H2,1-2H3. The van der Waals surface area contributed by atoms with E-state index in [4.69, 9.17) is 9.47 Å². The lowest BCUT2D eigenvalue weighted by molar-refractivity contribution is -0.149. The van der Waals surface area contributed by atoms with Crippen LogP contribution in [0.4, 0.5) is 4.39 Å². The quantitative estimate of drug-likeness (QED) is 0.290. The Morgan fingerprint density at radius 2 is 1.58 bits per heavy atom. The zero-order valence-corrected chi connectivity index (χ0v) is 16.7. The summed E-state index contributed by atoms with van der Waals surface area (Å²) in [5.41, 5.74) is 0.506. The highest BCUT2D eigenvalue weighted by Gasteiger charge is 2.28. The number of unbranched alkanes of at least 4 members (excludes halogenated alkanes) is 2. The van der Waals surface area contributed by atoms with Gasteiger partial charge in [0.2, 0.25) is 9.84 Å². The highest BCUT2D eigenvalue weighted by Crippen LogP contribution is 2.35. The normalized spacial score (nSPS) is 12.0. The van der Waals surface area contributed by atoms with E-state index in [1.165, 1.54) is 12.1 Å². The molecule has 0 spiro atoms. The minimum absolute atomic E-state index is 0.0588. The molecular weight excluding hydrogens is 375 g/mol. The van der Waals surface area contributed by atoms with Gasteiger partial charge in [-0.25, -0.2) is 12.8 Å². The van der Waals surface area contributed by atoms with Crippen LogP contribution in [0.2, 0.25) is 0 Å². The summed E-state index contributed by atoms with van der Waals surface area (Å²) in [7, 11) is -3.76. The smallest absolute Gasteiger partial charge is 0.216 e. The maximum absolute atomic E-state index is 13.1. The van der Waals surface area contributed by atoms with Gasteiger partial charge in [-0.2, -0.15) is 0 Å². The van der Waals surface area contributed by atoms with Crippen molar-refractivity contribution in [2.24, 2.45) is 0 Å². The van der Waals surface area contributed by atoms with Crippen LogP contribution in [0, 0.1) is 5.82 Å². The van der Waals surface area contributed by atoms with E-state index < -0.39 is 21.9 Å². The number of halogens is 1. The van der Waals surface area contributed by atoms with Crippen LogP contribution >= 0.6 is 11.3 Å². The second-order valence-electron chi connectivity index (χ2n) is 5.90. The molecule has 0 amide bonds. The molecule has 1 aromatic carbocycles. The Labute approximate surface area is 158 Å². The molecule has 0 atom stereocenters. The van der Waals surface area contributed by atoms with Gasteiger partial charge >= 0.3 is 0 Å². The summed E-state index contributed by atoms with van der Waals surface area (Å²) in [5.74, 6) is -0.473. The fourth-order valence-corrected chi connectivity index (χ4v) is 5.10. The molecule has 144 valence electrons. The molecule has 26 heavy (non-hydrogen) atoms. The van der Waals surface area contributed by atoms with Gasteiger partial charge in [-0.05, 0) is 48.6 Å². The number of sulfone groups is 1. The van der Waals surface area contributed by atoms with E-state index >= 15 is 0 Å². The van der Waals surface area contributed by atoms with Crippen LogP contribution in [0.5, 0.6) is 0 Å². The Morgan fingerprint density at radius 1 is 1.00 bits per heavy atom. The molecule has 0 radical (unpaired) electrons. The SMILES string of the molecule is CCCCOC(OCCCC)c1ccsc1S(=O)(=O)c1ccc(F)cc1. The molecule has 0 aliphatic carbocycles. The summed E-state index contributed by atoms with van der Waals surface area (Å²) in [5, 5.41) is 1.71. The summed E-state index contributed by atoms with van der Waals surface area (Å²) >= 11 is 1.12. The monoisotopic (exact) mass is 400 g/mol. The Bertz CT molecular complexity index is 759. The van der Waals surface area contributed by atoms with Crippen molar-refractivity contribution < 1.29 is 22.3 Å². The maximum atomic E-state index is 13.1. The van der Waals surface area contributed by atoms with Crippen molar-refractivity contribution in [1.82, 2.24) is 0 Å². The second-order valence-corrected chi connectivity index (χ2v) is 8.96. The first-order chi connectivity index (χ1) is 12.5. The van der Waals surface area contributed by atoms with Crippen molar-refractivity contribution in [1.29, 1.82) is 0 Å². The van der Waals surface area contributed by atoms with E-state index in [9.17, 15) is 12.8 Å². The molecule has 0 N–H and O–H groups in total. The van der Waals surface area contributed by atoms with Crippen molar-refractivity contribution >= 4 is 21.2 Å². The number of hydrogen-bond donors (Lipinski definition) is 0. The summed E-state index contributed by atoms with van der Waals surface area (Å²) in [6.07, 6.45) is 2.98. The third-order valence-electron chi connectivity index (χ3n) is 3.81. The highest BCUT2D eigenvalue weighted by molar-refractivity contribution is 7.93. The van der Waals surface area contributed by atoms with E-state index in [0.29, 0.717) is 18.8 Å². The first-order valence-electron chi connectivity index (χ1n) is 8.82. The van der Waals surface area contributed by atoms with Crippen molar-refractivity contribution in [2.45, 2.75) is 54.9 Å². The van der Waals surface area contributed by atoms with Crippen molar-refractivity contribution in [3.05, 3.63) is 47.1 Å². The first kappa shape index (κ1) is 21.0. The molecule has 1 aromatic heterocycles. The predicted octanol–water partition coefficient (Wildman–Crippen LogP) is 5.35. The van der Waals surface area contributed by atoms with Crippen LogP contribution in [-0.2, 0) is 19.3 Å². The zero-order chi connectivity index (χ0) is 19.0. The number of ether oxygens (including phenoxy) is 2. The highest BCUT2D eigenvalue weighted by atomic mass is 32.2. The average molecular weight is 401 g/mol. The number of rotatable bonds is 11. The molecule has 2 rings (SSSR count). The van der Waals surface area contributed by atoms with Crippen LogP contribution < -0.4 is 0 Å². The van der Waals surface area contributed by atoms with Crippen LogP contribution in [-0.4, -0.2) is 21.6 Å². The van der Waals surface area contributed by atoms with Gasteiger partial charge in [-0.15, -0.1) is 11.3 Å². The van der Waals surface area contributed by atoms with E-state index in [1.54, 1.807) is 11.4 Å². The van der Waals surface area contributed by atoms with Crippen molar-refractivity contribution in [2.75, 3.05) is 13.2 Å². The van der Waals surface area contributed by atoms with Gasteiger partial charge in [0.15, 0.2) is 6.29 Å². The number of thiophene rings is 1. The van der Waals surface area contributed by atoms with E-state index in [0.717, 1.165) is 49.2 Å². The van der Waals surface area contributed by atoms with E-state index in [-0.39, 0.29) is 9.10 Å². The summed E-state index contributed by atoms with van der Waals surface area (Å²) in [6, 6.07) is 6.57. The van der Waals surface area contributed by atoms with Gasteiger partial charge in [-0.3, -0.25) is 0 Å². The van der Waals surface area contributed by atoms with E-state index in [2.05, 4.69) is 13.8 Å². The maximum Gasteiger partial charge on any atom is 0.216 e. The van der Waals surface area contributed by atoms with Gasteiger partial charge < -0.3 is 9.47 Å². The van der Waals surface area contributed by atoms with E-state index in [1.807, 2.05) is 0 Å². The second kappa shape index (κ2) is 10.2. The number of benzene rings is 1. The Kier molecular flexibility index (Phi) is 8.21. The topological polar surface area (TPSA) is 52.6 Å². The van der Waals surface area contributed by atoms with Crippen LogP contribution in [0.1, 0.15) is 51.4 Å².